The molecule has 0 saturated heterocycles. The van der Waals surface area contributed by atoms with E-state index in [1.807, 2.05) is 27.0 Å². The van der Waals surface area contributed by atoms with Gasteiger partial charge in [0.25, 0.3) is 0 Å². The highest BCUT2D eigenvalue weighted by Crippen LogP contribution is 2.27. The zero-order chi connectivity index (χ0) is 15.6. The van der Waals surface area contributed by atoms with E-state index in [9.17, 15) is 8.78 Å². The van der Waals surface area contributed by atoms with Crippen LogP contribution in [-0.2, 0) is 7.05 Å². The van der Waals surface area contributed by atoms with Crippen molar-refractivity contribution in [3.63, 3.8) is 0 Å². The molecule has 1 aromatic carbocycles. The van der Waals surface area contributed by atoms with Gasteiger partial charge in [0.1, 0.15) is 0 Å². The third-order valence-corrected chi connectivity index (χ3v) is 3.55. The fourth-order valence-corrected chi connectivity index (χ4v) is 2.45. The minimum absolute atomic E-state index is 0.312. The zero-order valence-electron chi connectivity index (χ0n) is 12.9. The van der Waals surface area contributed by atoms with Crippen LogP contribution in [0.1, 0.15) is 41.9 Å². The molecular formula is C16H21F2N3. The van der Waals surface area contributed by atoms with E-state index in [4.69, 9.17) is 0 Å². The van der Waals surface area contributed by atoms with E-state index in [1.165, 1.54) is 0 Å². The van der Waals surface area contributed by atoms with Gasteiger partial charge in [-0.15, -0.1) is 0 Å². The highest BCUT2D eigenvalue weighted by molar-refractivity contribution is 5.33. The van der Waals surface area contributed by atoms with E-state index in [0.717, 1.165) is 17.8 Å². The van der Waals surface area contributed by atoms with Crippen molar-refractivity contribution in [1.82, 2.24) is 15.1 Å². The minimum atomic E-state index is -0.789. The van der Waals surface area contributed by atoms with Gasteiger partial charge in [-0.05, 0) is 38.4 Å². The van der Waals surface area contributed by atoms with Crippen LogP contribution in [0.3, 0.4) is 0 Å². The lowest BCUT2D eigenvalue weighted by molar-refractivity contribution is 0.468. The first-order valence-electron chi connectivity index (χ1n) is 7.14. The molecule has 0 spiro atoms. The Bertz CT molecular complexity index is 635. The Labute approximate surface area is 124 Å². The monoisotopic (exact) mass is 293 g/mol. The molecule has 5 heteroatoms. The molecule has 21 heavy (non-hydrogen) atoms. The van der Waals surface area contributed by atoms with Crippen molar-refractivity contribution in [2.45, 2.75) is 33.2 Å². The van der Waals surface area contributed by atoms with Crippen LogP contribution in [0.15, 0.2) is 18.2 Å². The van der Waals surface area contributed by atoms with Crippen LogP contribution < -0.4 is 5.32 Å². The van der Waals surface area contributed by atoms with Crippen molar-refractivity contribution in [3.8, 4) is 0 Å². The Balaban J connectivity index is 2.50. The molecule has 1 aromatic heterocycles. The number of hydrogen-bond donors (Lipinski definition) is 1. The van der Waals surface area contributed by atoms with Crippen LogP contribution in [-0.4, -0.2) is 16.3 Å². The largest absolute Gasteiger partial charge is 0.305 e. The molecule has 0 bridgehead atoms. The summed E-state index contributed by atoms with van der Waals surface area (Å²) in [5, 5.41) is 7.57. The normalized spacial score (nSPS) is 12.7. The standard InChI is InChI=1S/C16H21F2N3/c1-5-8-19-16(13-9-11(3)20-21(13)4)12-7-6-10(2)14(17)15(12)18/h6-7,9,16,19H,5,8H2,1-4H3. The van der Waals surface area contributed by atoms with Crippen molar-refractivity contribution < 1.29 is 8.78 Å². The predicted molar refractivity (Wildman–Crippen MR) is 79.2 cm³/mol. The van der Waals surface area contributed by atoms with Gasteiger partial charge in [-0.1, -0.05) is 19.1 Å². The molecule has 0 aliphatic heterocycles. The van der Waals surface area contributed by atoms with Gasteiger partial charge in [-0.25, -0.2) is 8.78 Å². The Morgan fingerprint density at radius 2 is 1.95 bits per heavy atom. The number of halogens is 2. The second-order valence-corrected chi connectivity index (χ2v) is 5.32. The summed E-state index contributed by atoms with van der Waals surface area (Å²) in [5.74, 6) is -1.57. The lowest BCUT2D eigenvalue weighted by Gasteiger charge is -2.20. The summed E-state index contributed by atoms with van der Waals surface area (Å²) in [7, 11) is 1.81. The maximum absolute atomic E-state index is 14.3. The Kier molecular flexibility index (Phi) is 4.73. The van der Waals surface area contributed by atoms with E-state index >= 15 is 0 Å². The molecule has 1 heterocycles. The van der Waals surface area contributed by atoms with Gasteiger partial charge in [-0.2, -0.15) is 5.10 Å². The quantitative estimate of drug-likeness (QED) is 0.915. The van der Waals surface area contributed by atoms with Gasteiger partial charge in [-0.3, -0.25) is 4.68 Å². The number of aryl methyl sites for hydroxylation is 3. The predicted octanol–water partition coefficient (Wildman–Crippen LogP) is 3.40. The second-order valence-electron chi connectivity index (χ2n) is 5.32. The van der Waals surface area contributed by atoms with Crippen LogP contribution in [0.4, 0.5) is 8.78 Å². The summed E-state index contributed by atoms with van der Waals surface area (Å²) in [6.45, 7) is 6.19. The molecule has 0 saturated carbocycles. The number of nitrogens with one attached hydrogen (secondary N) is 1. The Morgan fingerprint density at radius 3 is 2.52 bits per heavy atom. The summed E-state index contributed by atoms with van der Waals surface area (Å²) in [6.07, 6.45) is 0.906. The lowest BCUT2D eigenvalue weighted by Crippen LogP contribution is -2.26. The topological polar surface area (TPSA) is 29.9 Å². The fourth-order valence-electron chi connectivity index (χ4n) is 2.45. The van der Waals surface area contributed by atoms with Gasteiger partial charge in [0.05, 0.1) is 17.4 Å². The summed E-state index contributed by atoms with van der Waals surface area (Å²) >= 11 is 0. The molecule has 1 N–H and O–H groups in total. The third kappa shape index (κ3) is 3.13. The number of rotatable bonds is 5. The number of benzene rings is 1. The molecule has 0 radical (unpaired) electrons. The Morgan fingerprint density at radius 1 is 1.24 bits per heavy atom. The smallest absolute Gasteiger partial charge is 0.164 e. The number of nitrogens with zero attached hydrogens (tertiary/aromatic N) is 2. The molecule has 0 fully saturated rings. The molecule has 2 aromatic rings. The summed E-state index contributed by atoms with van der Waals surface area (Å²) in [6, 6.07) is 4.73. The molecule has 0 amide bonds. The highest BCUT2D eigenvalue weighted by atomic mass is 19.2. The van der Waals surface area contributed by atoms with Crippen molar-refractivity contribution >= 4 is 0 Å². The van der Waals surface area contributed by atoms with E-state index in [0.29, 0.717) is 17.7 Å². The summed E-state index contributed by atoms with van der Waals surface area (Å²) in [5.41, 5.74) is 2.30. The maximum atomic E-state index is 14.3. The van der Waals surface area contributed by atoms with Crippen molar-refractivity contribution in [3.05, 3.63) is 52.3 Å². The zero-order valence-corrected chi connectivity index (χ0v) is 12.9. The van der Waals surface area contributed by atoms with Gasteiger partial charge in [0, 0.05) is 12.6 Å². The molecule has 1 unspecified atom stereocenters. The molecule has 1 atom stereocenters. The SMILES string of the molecule is CCCNC(c1ccc(C)c(F)c1F)c1cc(C)nn1C. The number of hydrogen-bond acceptors (Lipinski definition) is 2. The van der Waals surface area contributed by atoms with Gasteiger partial charge >= 0.3 is 0 Å². The first-order chi connectivity index (χ1) is 9.95. The van der Waals surface area contributed by atoms with Crippen LogP contribution in [0.2, 0.25) is 0 Å². The van der Waals surface area contributed by atoms with Crippen molar-refractivity contribution in [1.29, 1.82) is 0 Å². The molecule has 3 nitrogen and oxygen atoms in total. The summed E-state index contributed by atoms with van der Waals surface area (Å²) < 4.78 is 29.9. The van der Waals surface area contributed by atoms with Crippen LogP contribution in [0, 0.1) is 25.5 Å². The van der Waals surface area contributed by atoms with Crippen LogP contribution >= 0.6 is 0 Å². The summed E-state index contributed by atoms with van der Waals surface area (Å²) in [4.78, 5) is 0. The van der Waals surface area contributed by atoms with E-state index in [1.54, 1.807) is 23.7 Å². The van der Waals surface area contributed by atoms with Crippen molar-refractivity contribution in [2.24, 2.45) is 7.05 Å². The minimum Gasteiger partial charge on any atom is -0.305 e. The van der Waals surface area contributed by atoms with E-state index < -0.39 is 17.7 Å². The van der Waals surface area contributed by atoms with Gasteiger partial charge in [0.15, 0.2) is 11.6 Å². The highest BCUT2D eigenvalue weighted by Gasteiger charge is 2.23. The maximum Gasteiger partial charge on any atom is 0.164 e. The number of aromatic nitrogens is 2. The van der Waals surface area contributed by atoms with Gasteiger partial charge in [0.2, 0.25) is 0 Å². The average Bonchev–Trinajstić information content (AvgIpc) is 2.77. The third-order valence-electron chi connectivity index (χ3n) is 3.55. The van der Waals surface area contributed by atoms with Crippen LogP contribution in [0.25, 0.3) is 0 Å². The van der Waals surface area contributed by atoms with Crippen molar-refractivity contribution in [2.75, 3.05) is 6.54 Å². The van der Waals surface area contributed by atoms with E-state index in [2.05, 4.69) is 10.4 Å². The van der Waals surface area contributed by atoms with Crippen LogP contribution in [0.5, 0.6) is 0 Å². The first-order valence-corrected chi connectivity index (χ1v) is 7.14. The lowest BCUT2D eigenvalue weighted by atomic mass is 10.0. The van der Waals surface area contributed by atoms with Gasteiger partial charge < -0.3 is 5.32 Å². The molecule has 114 valence electrons. The Hall–Kier alpha value is -1.75. The fraction of sp³-hybridized carbons (Fsp3) is 0.438. The molecular weight excluding hydrogens is 272 g/mol. The van der Waals surface area contributed by atoms with E-state index in [-0.39, 0.29) is 0 Å². The average molecular weight is 293 g/mol. The molecule has 0 aliphatic rings. The molecule has 2 rings (SSSR count). The second kappa shape index (κ2) is 6.35. The first kappa shape index (κ1) is 15.6. The molecule has 0 aliphatic carbocycles.